The van der Waals surface area contributed by atoms with Crippen molar-refractivity contribution in [3.63, 3.8) is 0 Å². The maximum atomic E-state index is 13.0. The maximum Gasteiger partial charge on any atom is 0.263 e. The number of carbonyl (C=O) groups is 5. The highest BCUT2D eigenvalue weighted by Crippen LogP contribution is 2.34. The molecule has 142 valence electrons. The SMILES string of the molecule is CC(CCC(=O)NC=O)N1C(=O)c2cccc(N3CCC(=O)CC3)c2C1=O. The van der Waals surface area contributed by atoms with Crippen molar-refractivity contribution in [2.24, 2.45) is 0 Å². The van der Waals surface area contributed by atoms with Crippen molar-refractivity contribution in [3.05, 3.63) is 29.3 Å². The number of nitrogens with zero attached hydrogens (tertiary/aromatic N) is 2. The molecule has 27 heavy (non-hydrogen) atoms. The van der Waals surface area contributed by atoms with Gasteiger partial charge in [-0.2, -0.15) is 0 Å². The molecule has 1 N–H and O–H groups in total. The molecule has 1 unspecified atom stereocenters. The molecule has 1 aromatic rings. The van der Waals surface area contributed by atoms with Crippen molar-refractivity contribution in [3.8, 4) is 0 Å². The highest BCUT2D eigenvalue weighted by molar-refractivity contribution is 6.24. The van der Waals surface area contributed by atoms with E-state index < -0.39 is 11.9 Å². The summed E-state index contributed by atoms with van der Waals surface area (Å²) in [5, 5.41) is 2.04. The first kappa shape index (κ1) is 18.8. The zero-order valence-electron chi connectivity index (χ0n) is 15.1. The predicted molar refractivity (Wildman–Crippen MR) is 96.3 cm³/mol. The number of amides is 4. The lowest BCUT2D eigenvalue weighted by Gasteiger charge is -2.29. The van der Waals surface area contributed by atoms with Crippen LogP contribution in [-0.4, -0.2) is 53.9 Å². The van der Waals surface area contributed by atoms with Crippen LogP contribution < -0.4 is 10.2 Å². The van der Waals surface area contributed by atoms with Gasteiger partial charge in [0.2, 0.25) is 12.3 Å². The summed E-state index contributed by atoms with van der Waals surface area (Å²) in [6.07, 6.45) is 1.47. The van der Waals surface area contributed by atoms with E-state index in [0.717, 1.165) is 0 Å². The molecule has 0 saturated carbocycles. The molecule has 0 spiro atoms. The number of Topliss-reactive ketones (excluding diaryl/α,β-unsaturated/α-hetero) is 1. The second kappa shape index (κ2) is 7.69. The first-order valence-corrected chi connectivity index (χ1v) is 8.94. The van der Waals surface area contributed by atoms with Gasteiger partial charge in [-0.05, 0) is 25.5 Å². The number of rotatable bonds is 6. The average molecular weight is 371 g/mol. The highest BCUT2D eigenvalue weighted by Gasteiger charge is 2.41. The van der Waals surface area contributed by atoms with Gasteiger partial charge in [0.25, 0.3) is 11.8 Å². The monoisotopic (exact) mass is 371 g/mol. The first-order chi connectivity index (χ1) is 12.9. The lowest BCUT2D eigenvalue weighted by molar-refractivity contribution is -0.125. The predicted octanol–water partition coefficient (Wildman–Crippen LogP) is 0.893. The van der Waals surface area contributed by atoms with E-state index in [4.69, 9.17) is 0 Å². The fourth-order valence-electron chi connectivity index (χ4n) is 3.55. The topological polar surface area (TPSA) is 104 Å². The van der Waals surface area contributed by atoms with Crippen LogP contribution in [0.15, 0.2) is 18.2 Å². The molecule has 1 fully saturated rings. The minimum atomic E-state index is -0.481. The molecular formula is C19H21N3O5. The number of nitrogens with one attached hydrogen (secondary N) is 1. The molecule has 2 aliphatic rings. The van der Waals surface area contributed by atoms with Gasteiger partial charge >= 0.3 is 0 Å². The van der Waals surface area contributed by atoms with E-state index in [1.807, 2.05) is 10.2 Å². The van der Waals surface area contributed by atoms with Crippen LogP contribution in [0, 0.1) is 0 Å². The van der Waals surface area contributed by atoms with Crippen LogP contribution in [0.4, 0.5) is 5.69 Å². The Morgan fingerprint density at radius 2 is 1.89 bits per heavy atom. The largest absolute Gasteiger partial charge is 0.370 e. The number of fused-ring (bicyclic) bond motifs is 1. The van der Waals surface area contributed by atoms with E-state index in [-0.39, 0.29) is 30.4 Å². The lowest BCUT2D eigenvalue weighted by atomic mass is 10.0. The Morgan fingerprint density at radius 1 is 1.19 bits per heavy atom. The summed E-state index contributed by atoms with van der Waals surface area (Å²) < 4.78 is 0. The number of anilines is 1. The molecule has 3 rings (SSSR count). The van der Waals surface area contributed by atoms with Crippen molar-refractivity contribution >= 4 is 35.6 Å². The van der Waals surface area contributed by atoms with E-state index in [2.05, 4.69) is 0 Å². The number of piperidine rings is 1. The summed E-state index contributed by atoms with van der Waals surface area (Å²) in [7, 11) is 0. The van der Waals surface area contributed by atoms with Gasteiger partial charge in [0.15, 0.2) is 0 Å². The number of imide groups is 2. The smallest absolute Gasteiger partial charge is 0.263 e. The Bertz CT molecular complexity index is 810. The van der Waals surface area contributed by atoms with Gasteiger partial charge in [-0.25, -0.2) is 0 Å². The quantitative estimate of drug-likeness (QED) is 0.588. The third kappa shape index (κ3) is 3.60. The zero-order chi connectivity index (χ0) is 19.6. The van der Waals surface area contributed by atoms with Gasteiger partial charge in [-0.15, -0.1) is 0 Å². The number of hydrogen-bond donors (Lipinski definition) is 1. The summed E-state index contributed by atoms with van der Waals surface area (Å²) in [6, 6.07) is 4.68. The van der Waals surface area contributed by atoms with Gasteiger partial charge in [0.05, 0.1) is 16.8 Å². The molecule has 1 saturated heterocycles. The second-order valence-corrected chi connectivity index (χ2v) is 6.78. The Kier molecular flexibility index (Phi) is 5.34. The fraction of sp³-hybridized carbons (Fsp3) is 0.421. The summed E-state index contributed by atoms with van der Waals surface area (Å²) in [6.45, 7) is 2.76. The zero-order valence-corrected chi connectivity index (χ0v) is 15.1. The van der Waals surface area contributed by atoms with Crippen LogP contribution in [0.3, 0.4) is 0 Å². The number of hydrogen-bond acceptors (Lipinski definition) is 6. The fourth-order valence-corrected chi connectivity index (χ4v) is 3.55. The maximum absolute atomic E-state index is 13.0. The minimum Gasteiger partial charge on any atom is -0.370 e. The van der Waals surface area contributed by atoms with E-state index >= 15 is 0 Å². The van der Waals surface area contributed by atoms with Crippen molar-refractivity contribution in [1.82, 2.24) is 10.2 Å². The number of carbonyl (C=O) groups excluding carboxylic acids is 5. The van der Waals surface area contributed by atoms with E-state index in [1.165, 1.54) is 4.90 Å². The molecule has 0 aromatic heterocycles. The molecule has 0 bridgehead atoms. The standard InChI is InChI=1S/C19H21N3O5/c1-12(5-6-16(25)20-11-23)22-18(26)14-3-2-4-15(17(14)19(22)27)21-9-7-13(24)8-10-21/h2-4,11-12H,5-10H2,1H3,(H,20,23,25). The highest BCUT2D eigenvalue weighted by atomic mass is 16.2. The number of ketones is 1. The van der Waals surface area contributed by atoms with E-state index in [9.17, 15) is 24.0 Å². The molecule has 8 heteroatoms. The van der Waals surface area contributed by atoms with Crippen molar-refractivity contribution < 1.29 is 24.0 Å². The molecule has 4 amide bonds. The third-order valence-corrected chi connectivity index (χ3v) is 5.04. The molecule has 1 aromatic carbocycles. The Balaban J connectivity index is 1.81. The Labute approximate surface area is 156 Å². The van der Waals surface area contributed by atoms with Gasteiger partial charge in [-0.1, -0.05) is 6.07 Å². The molecule has 2 heterocycles. The van der Waals surface area contributed by atoms with E-state index in [1.54, 1.807) is 25.1 Å². The van der Waals surface area contributed by atoms with Crippen LogP contribution in [0.25, 0.3) is 0 Å². The third-order valence-electron chi connectivity index (χ3n) is 5.04. The van der Waals surface area contributed by atoms with Gasteiger partial charge in [0.1, 0.15) is 5.78 Å². The average Bonchev–Trinajstić information content (AvgIpc) is 2.92. The first-order valence-electron chi connectivity index (χ1n) is 8.94. The van der Waals surface area contributed by atoms with Crippen LogP contribution in [0.5, 0.6) is 0 Å². The molecule has 0 aliphatic carbocycles. The van der Waals surface area contributed by atoms with Crippen LogP contribution in [0.2, 0.25) is 0 Å². The Hall–Kier alpha value is -3.03. The normalized spacial score (nSPS) is 17.7. The molecule has 1 atom stereocenters. The molecule has 8 nitrogen and oxygen atoms in total. The number of benzene rings is 1. The molecule has 2 aliphatic heterocycles. The van der Waals surface area contributed by atoms with Crippen molar-refractivity contribution in [2.75, 3.05) is 18.0 Å². The van der Waals surface area contributed by atoms with Gasteiger partial charge < -0.3 is 4.90 Å². The summed E-state index contributed by atoms with van der Waals surface area (Å²) in [5.41, 5.74) is 1.38. The van der Waals surface area contributed by atoms with E-state index in [0.29, 0.717) is 49.2 Å². The molecule has 0 radical (unpaired) electrons. The Morgan fingerprint density at radius 3 is 2.56 bits per heavy atom. The van der Waals surface area contributed by atoms with Gasteiger partial charge in [0, 0.05) is 38.4 Å². The van der Waals surface area contributed by atoms with Crippen molar-refractivity contribution in [2.45, 2.75) is 38.6 Å². The summed E-state index contributed by atoms with van der Waals surface area (Å²) >= 11 is 0. The summed E-state index contributed by atoms with van der Waals surface area (Å²) in [4.78, 5) is 62.2. The lowest BCUT2D eigenvalue weighted by Crippen LogP contribution is -2.39. The second-order valence-electron chi connectivity index (χ2n) is 6.78. The van der Waals surface area contributed by atoms with Crippen LogP contribution >= 0.6 is 0 Å². The van der Waals surface area contributed by atoms with Crippen molar-refractivity contribution in [1.29, 1.82) is 0 Å². The van der Waals surface area contributed by atoms with Gasteiger partial charge in [-0.3, -0.25) is 34.2 Å². The molecular weight excluding hydrogens is 350 g/mol. The summed E-state index contributed by atoms with van der Waals surface area (Å²) in [5.74, 6) is -1.02. The van der Waals surface area contributed by atoms with Crippen LogP contribution in [0.1, 0.15) is 53.3 Å². The van der Waals surface area contributed by atoms with Crippen LogP contribution in [-0.2, 0) is 14.4 Å². The minimum absolute atomic E-state index is 0.0361.